The number of nitrogens with one attached hydrogen (secondary N) is 2. The summed E-state index contributed by atoms with van der Waals surface area (Å²) >= 11 is 1.78. The molecule has 0 radical (unpaired) electrons. The summed E-state index contributed by atoms with van der Waals surface area (Å²) in [7, 11) is 1.79. The molecule has 28 heavy (non-hydrogen) atoms. The van der Waals surface area contributed by atoms with E-state index < -0.39 is 0 Å². The highest BCUT2D eigenvalue weighted by Crippen LogP contribution is 2.17. The molecule has 0 fully saturated rings. The Morgan fingerprint density at radius 1 is 1.11 bits per heavy atom. The molecule has 0 aliphatic carbocycles. The number of aromatic nitrogens is 2. The Labute approximate surface area is 187 Å². The SMILES string of the molecule is CCc1cnc(CCNC(=NC)NCc2cccc(-c3ccccn3)c2)s1.I. The second-order valence-electron chi connectivity index (χ2n) is 6.09. The Bertz CT molecular complexity index is 879. The first-order valence-corrected chi connectivity index (χ1v) is 9.98. The van der Waals surface area contributed by atoms with Gasteiger partial charge in [0.1, 0.15) is 0 Å². The summed E-state index contributed by atoms with van der Waals surface area (Å²) in [5.74, 6) is 0.797. The van der Waals surface area contributed by atoms with Crippen molar-refractivity contribution in [1.82, 2.24) is 20.6 Å². The van der Waals surface area contributed by atoms with Crippen molar-refractivity contribution in [2.75, 3.05) is 13.6 Å². The zero-order chi connectivity index (χ0) is 18.9. The van der Waals surface area contributed by atoms with Crippen LogP contribution in [0, 0.1) is 0 Å². The Balaban J connectivity index is 0.00000280. The van der Waals surface area contributed by atoms with Crippen LogP contribution in [0.25, 0.3) is 11.3 Å². The molecular formula is C21H26IN5S. The predicted octanol–water partition coefficient (Wildman–Crippen LogP) is 4.29. The van der Waals surface area contributed by atoms with Crippen LogP contribution in [0.2, 0.25) is 0 Å². The van der Waals surface area contributed by atoms with Gasteiger partial charge in [0.15, 0.2) is 5.96 Å². The molecular weight excluding hydrogens is 481 g/mol. The summed E-state index contributed by atoms with van der Waals surface area (Å²) in [6.45, 7) is 3.67. The van der Waals surface area contributed by atoms with E-state index in [1.165, 1.54) is 10.4 Å². The highest BCUT2D eigenvalue weighted by Gasteiger charge is 2.04. The molecule has 1 aromatic carbocycles. The molecule has 0 saturated carbocycles. The lowest BCUT2D eigenvalue weighted by atomic mass is 10.1. The first-order valence-electron chi connectivity index (χ1n) is 9.17. The summed E-state index contributed by atoms with van der Waals surface area (Å²) in [5, 5.41) is 7.89. The van der Waals surface area contributed by atoms with Crippen LogP contribution in [0.3, 0.4) is 0 Å². The van der Waals surface area contributed by atoms with Gasteiger partial charge in [0, 0.05) is 49.4 Å². The molecule has 3 aromatic rings. The molecule has 148 valence electrons. The maximum absolute atomic E-state index is 4.45. The summed E-state index contributed by atoms with van der Waals surface area (Å²) in [6.07, 6.45) is 5.74. The Morgan fingerprint density at radius 2 is 2.00 bits per heavy atom. The van der Waals surface area contributed by atoms with Gasteiger partial charge in [-0.1, -0.05) is 31.2 Å². The maximum atomic E-state index is 4.45. The van der Waals surface area contributed by atoms with Crippen molar-refractivity contribution >= 4 is 41.3 Å². The first kappa shape index (κ1) is 22.3. The van der Waals surface area contributed by atoms with Gasteiger partial charge < -0.3 is 10.6 Å². The molecule has 2 heterocycles. The van der Waals surface area contributed by atoms with Gasteiger partial charge in [0.2, 0.25) is 0 Å². The second-order valence-corrected chi connectivity index (χ2v) is 7.29. The normalized spacial score (nSPS) is 11.0. The van der Waals surface area contributed by atoms with Crippen LogP contribution < -0.4 is 10.6 Å². The van der Waals surface area contributed by atoms with E-state index in [1.54, 1.807) is 18.4 Å². The molecule has 0 saturated heterocycles. The van der Waals surface area contributed by atoms with E-state index in [0.717, 1.165) is 41.6 Å². The van der Waals surface area contributed by atoms with E-state index in [2.05, 4.69) is 56.8 Å². The molecule has 0 bridgehead atoms. The molecule has 0 aliphatic rings. The number of rotatable bonds is 7. The molecule has 0 amide bonds. The van der Waals surface area contributed by atoms with Crippen LogP contribution in [0.5, 0.6) is 0 Å². The number of guanidine groups is 1. The number of halogens is 1. The molecule has 0 unspecified atom stereocenters. The number of hydrogen-bond acceptors (Lipinski definition) is 4. The molecule has 0 atom stereocenters. The summed E-state index contributed by atoms with van der Waals surface area (Å²) < 4.78 is 0. The standard InChI is InChI=1S/C21H25N5S.HI/c1-3-18-15-25-20(27-18)10-12-24-21(22-2)26-14-16-7-6-8-17(13-16)19-9-4-5-11-23-19;/h4-9,11,13,15H,3,10,12,14H2,1-2H3,(H2,22,24,26);1H. The van der Waals surface area contributed by atoms with Crippen LogP contribution >= 0.6 is 35.3 Å². The van der Waals surface area contributed by atoms with Crippen molar-refractivity contribution in [1.29, 1.82) is 0 Å². The fourth-order valence-electron chi connectivity index (χ4n) is 2.70. The number of nitrogens with zero attached hydrogens (tertiary/aromatic N) is 3. The Kier molecular flexibility index (Phi) is 9.36. The largest absolute Gasteiger partial charge is 0.356 e. The minimum atomic E-state index is 0. The second kappa shape index (κ2) is 11.8. The number of aryl methyl sites for hydroxylation is 1. The summed E-state index contributed by atoms with van der Waals surface area (Å²) in [5.41, 5.74) is 3.29. The minimum Gasteiger partial charge on any atom is -0.356 e. The van der Waals surface area contributed by atoms with Crippen molar-refractivity contribution in [3.05, 3.63) is 70.3 Å². The van der Waals surface area contributed by atoms with E-state index >= 15 is 0 Å². The molecule has 3 rings (SSSR count). The van der Waals surface area contributed by atoms with Gasteiger partial charge >= 0.3 is 0 Å². The lowest BCUT2D eigenvalue weighted by Crippen LogP contribution is -2.37. The highest BCUT2D eigenvalue weighted by molar-refractivity contribution is 14.0. The number of hydrogen-bond donors (Lipinski definition) is 2. The monoisotopic (exact) mass is 507 g/mol. The quantitative estimate of drug-likeness (QED) is 0.285. The molecule has 2 N–H and O–H groups in total. The van der Waals surface area contributed by atoms with Gasteiger partial charge in [-0.15, -0.1) is 35.3 Å². The minimum absolute atomic E-state index is 0. The van der Waals surface area contributed by atoms with Crippen molar-refractivity contribution in [2.24, 2.45) is 4.99 Å². The van der Waals surface area contributed by atoms with Crippen molar-refractivity contribution < 1.29 is 0 Å². The first-order chi connectivity index (χ1) is 13.3. The fraction of sp³-hybridized carbons (Fsp3) is 0.286. The van der Waals surface area contributed by atoms with Gasteiger partial charge in [0.05, 0.1) is 10.7 Å². The van der Waals surface area contributed by atoms with E-state index in [1.807, 2.05) is 30.6 Å². The van der Waals surface area contributed by atoms with Crippen LogP contribution in [-0.4, -0.2) is 29.5 Å². The summed E-state index contributed by atoms with van der Waals surface area (Å²) in [4.78, 5) is 14.5. The highest BCUT2D eigenvalue weighted by atomic mass is 127. The average Bonchev–Trinajstić information content (AvgIpc) is 3.19. The molecule has 7 heteroatoms. The van der Waals surface area contributed by atoms with E-state index in [-0.39, 0.29) is 24.0 Å². The van der Waals surface area contributed by atoms with Gasteiger partial charge in [-0.2, -0.15) is 0 Å². The van der Waals surface area contributed by atoms with Crippen molar-refractivity contribution in [3.8, 4) is 11.3 Å². The van der Waals surface area contributed by atoms with E-state index in [9.17, 15) is 0 Å². The average molecular weight is 507 g/mol. The number of pyridine rings is 1. The van der Waals surface area contributed by atoms with Gasteiger partial charge in [-0.25, -0.2) is 4.98 Å². The van der Waals surface area contributed by atoms with Crippen LogP contribution in [0.4, 0.5) is 0 Å². The lowest BCUT2D eigenvalue weighted by Gasteiger charge is -2.12. The van der Waals surface area contributed by atoms with Gasteiger partial charge in [0.25, 0.3) is 0 Å². The molecule has 5 nitrogen and oxygen atoms in total. The van der Waals surface area contributed by atoms with E-state index in [4.69, 9.17) is 0 Å². The zero-order valence-electron chi connectivity index (χ0n) is 16.2. The van der Waals surface area contributed by atoms with E-state index in [0.29, 0.717) is 6.54 Å². The van der Waals surface area contributed by atoms with Crippen LogP contribution in [0.15, 0.2) is 59.9 Å². The third-order valence-electron chi connectivity index (χ3n) is 4.15. The third kappa shape index (κ3) is 6.56. The van der Waals surface area contributed by atoms with Crippen molar-refractivity contribution in [2.45, 2.75) is 26.3 Å². The van der Waals surface area contributed by atoms with Crippen LogP contribution in [0.1, 0.15) is 22.4 Å². The fourth-order valence-corrected chi connectivity index (χ4v) is 3.56. The number of aliphatic imine (C=N–C) groups is 1. The molecule has 0 aliphatic heterocycles. The predicted molar refractivity (Wildman–Crippen MR) is 128 cm³/mol. The lowest BCUT2D eigenvalue weighted by molar-refractivity contribution is 0.792. The van der Waals surface area contributed by atoms with Crippen LogP contribution in [-0.2, 0) is 19.4 Å². The zero-order valence-corrected chi connectivity index (χ0v) is 19.3. The number of thiazole rings is 1. The Morgan fingerprint density at radius 3 is 2.71 bits per heavy atom. The Hall–Kier alpha value is -2.00. The van der Waals surface area contributed by atoms with Crippen molar-refractivity contribution in [3.63, 3.8) is 0 Å². The van der Waals surface area contributed by atoms with Gasteiger partial charge in [-0.05, 0) is 30.2 Å². The summed E-state index contributed by atoms with van der Waals surface area (Å²) in [6, 6.07) is 14.4. The molecule has 2 aromatic heterocycles. The number of benzene rings is 1. The topological polar surface area (TPSA) is 62.2 Å². The smallest absolute Gasteiger partial charge is 0.191 e. The van der Waals surface area contributed by atoms with Gasteiger partial charge in [-0.3, -0.25) is 9.98 Å². The molecule has 0 spiro atoms. The maximum Gasteiger partial charge on any atom is 0.191 e. The third-order valence-corrected chi connectivity index (χ3v) is 5.35.